The number of benzene rings is 1. The molecule has 2 nitrogen and oxygen atoms in total. The Morgan fingerprint density at radius 3 is 2.87 bits per heavy atom. The summed E-state index contributed by atoms with van der Waals surface area (Å²) in [6.07, 6.45) is 2.91. The van der Waals surface area contributed by atoms with Crippen molar-refractivity contribution in [3.05, 3.63) is 35.4 Å². The van der Waals surface area contributed by atoms with Gasteiger partial charge in [0.2, 0.25) is 5.91 Å². The fourth-order valence-corrected chi connectivity index (χ4v) is 2.25. The average molecular weight is 203 g/mol. The normalized spacial score (nSPS) is 18.7. The van der Waals surface area contributed by atoms with Crippen LogP contribution in [0.2, 0.25) is 0 Å². The van der Waals surface area contributed by atoms with Crippen molar-refractivity contribution in [3.63, 3.8) is 0 Å². The summed E-state index contributed by atoms with van der Waals surface area (Å²) in [6.45, 7) is 0. The first-order chi connectivity index (χ1) is 7.18. The molecular weight excluding hydrogens is 186 g/mol. The lowest BCUT2D eigenvalue weighted by Crippen LogP contribution is -2.23. The van der Waals surface area contributed by atoms with E-state index < -0.39 is 0 Å². The number of hydrogen-bond donors (Lipinski definition) is 0. The summed E-state index contributed by atoms with van der Waals surface area (Å²) in [5.41, 5.74) is 2.81. The van der Waals surface area contributed by atoms with Gasteiger partial charge in [0.05, 0.1) is 0 Å². The summed E-state index contributed by atoms with van der Waals surface area (Å²) in [7, 11) is 3.65. The molecular formula is C13H17NO. The van der Waals surface area contributed by atoms with Gasteiger partial charge in [-0.2, -0.15) is 0 Å². The summed E-state index contributed by atoms with van der Waals surface area (Å²) in [5.74, 6) is 0.674. The number of carbonyl (C=O) groups excluding carboxylic acids is 1. The number of carbonyl (C=O) groups is 1. The van der Waals surface area contributed by atoms with Crippen LogP contribution in [0.1, 0.15) is 29.9 Å². The zero-order valence-electron chi connectivity index (χ0n) is 9.36. The van der Waals surface area contributed by atoms with Gasteiger partial charge in [-0.25, -0.2) is 0 Å². The number of hydrogen-bond acceptors (Lipinski definition) is 1. The maximum atomic E-state index is 11.6. The van der Waals surface area contributed by atoms with Crippen molar-refractivity contribution in [2.24, 2.45) is 0 Å². The SMILES string of the molecule is CN(C)C(=O)CC1CCc2ccccc21. The molecule has 15 heavy (non-hydrogen) atoms. The van der Waals surface area contributed by atoms with Gasteiger partial charge in [-0.15, -0.1) is 0 Å². The van der Waals surface area contributed by atoms with Crippen LogP contribution in [0.5, 0.6) is 0 Å². The third-order valence-electron chi connectivity index (χ3n) is 3.18. The van der Waals surface area contributed by atoms with E-state index in [-0.39, 0.29) is 5.91 Å². The standard InChI is InChI=1S/C13H17NO/c1-14(2)13(15)9-11-8-7-10-5-3-4-6-12(10)11/h3-6,11H,7-9H2,1-2H3. The Morgan fingerprint density at radius 2 is 2.13 bits per heavy atom. The van der Waals surface area contributed by atoms with Crippen LogP contribution in [0.15, 0.2) is 24.3 Å². The van der Waals surface area contributed by atoms with Crippen LogP contribution in [0.4, 0.5) is 0 Å². The lowest BCUT2D eigenvalue weighted by Gasteiger charge is -2.15. The Kier molecular flexibility index (Phi) is 2.76. The molecule has 1 unspecified atom stereocenters. The summed E-state index contributed by atoms with van der Waals surface area (Å²) in [5, 5.41) is 0. The van der Waals surface area contributed by atoms with Crippen LogP contribution in [0.3, 0.4) is 0 Å². The van der Waals surface area contributed by atoms with E-state index in [1.807, 2.05) is 14.1 Å². The minimum atomic E-state index is 0.233. The smallest absolute Gasteiger partial charge is 0.222 e. The lowest BCUT2D eigenvalue weighted by molar-refractivity contribution is -0.129. The molecule has 0 fully saturated rings. The van der Waals surface area contributed by atoms with Crippen molar-refractivity contribution in [1.82, 2.24) is 4.90 Å². The van der Waals surface area contributed by atoms with Crippen molar-refractivity contribution in [2.45, 2.75) is 25.2 Å². The first kappa shape index (κ1) is 10.2. The van der Waals surface area contributed by atoms with Crippen LogP contribution in [0, 0.1) is 0 Å². The predicted octanol–water partition coefficient (Wildman–Crippen LogP) is 2.19. The zero-order valence-corrected chi connectivity index (χ0v) is 9.36. The van der Waals surface area contributed by atoms with Crippen molar-refractivity contribution < 1.29 is 4.79 Å². The van der Waals surface area contributed by atoms with Gasteiger partial charge in [0.15, 0.2) is 0 Å². The molecule has 0 bridgehead atoms. The average Bonchev–Trinajstić information content (AvgIpc) is 2.62. The summed E-state index contributed by atoms with van der Waals surface area (Å²) < 4.78 is 0. The number of nitrogens with zero attached hydrogens (tertiary/aromatic N) is 1. The van der Waals surface area contributed by atoms with E-state index in [0.717, 1.165) is 12.8 Å². The van der Waals surface area contributed by atoms with Crippen molar-refractivity contribution in [2.75, 3.05) is 14.1 Å². The number of fused-ring (bicyclic) bond motifs is 1. The maximum Gasteiger partial charge on any atom is 0.222 e. The van der Waals surface area contributed by atoms with Crippen molar-refractivity contribution in [1.29, 1.82) is 0 Å². The Balaban J connectivity index is 2.11. The molecule has 80 valence electrons. The summed E-state index contributed by atoms with van der Waals surface area (Å²) in [6, 6.07) is 8.48. The van der Waals surface area contributed by atoms with Crippen molar-refractivity contribution >= 4 is 5.91 Å². The lowest BCUT2D eigenvalue weighted by atomic mass is 9.97. The molecule has 0 radical (unpaired) electrons. The van der Waals surface area contributed by atoms with E-state index >= 15 is 0 Å². The highest BCUT2D eigenvalue weighted by molar-refractivity contribution is 5.76. The molecule has 0 heterocycles. The van der Waals surface area contributed by atoms with Crippen molar-refractivity contribution in [3.8, 4) is 0 Å². The highest BCUT2D eigenvalue weighted by Crippen LogP contribution is 2.35. The molecule has 1 aliphatic rings. The molecule has 0 N–H and O–H groups in total. The molecule has 0 aliphatic heterocycles. The van der Waals surface area contributed by atoms with Crippen LogP contribution in [-0.2, 0) is 11.2 Å². The van der Waals surface area contributed by atoms with E-state index in [9.17, 15) is 4.79 Å². The molecule has 1 aromatic carbocycles. The van der Waals surface area contributed by atoms with Crippen LogP contribution in [-0.4, -0.2) is 24.9 Å². The first-order valence-corrected chi connectivity index (χ1v) is 5.46. The van der Waals surface area contributed by atoms with E-state index in [1.54, 1.807) is 4.90 Å². The van der Waals surface area contributed by atoms with Gasteiger partial charge in [0.1, 0.15) is 0 Å². The molecule has 1 aromatic rings. The van der Waals surface area contributed by atoms with E-state index in [2.05, 4.69) is 24.3 Å². The molecule has 1 aliphatic carbocycles. The third kappa shape index (κ3) is 2.04. The Hall–Kier alpha value is -1.31. The zero-order chi connectivity index (χ0) is 10.8. The molecule has 0 saturated heterocycles. The molecule has 1 atom stereocenters. The van der Waals surface area contributed by atoms with E-state index in [1.165, 1.54) is 11.1 Å². The second kappa shape index (κ2) is 4.05. The molecule has 0 aromatic heterocycles. The number of rotatable bonds is 2. The maximum absolute atomic E-state index is 11.6. The highest BCUT2D eigenvalue weighted by Gasteiger charge is 2.24. The van der Waals surface area contributed by atoms with E-state index in [4.69, 9.17) is 0 Å². The van der Waals surface area contributed by atoms with Crippen LogP contribution in [0.25, 0.3) is 0 Å². The van der Waals surface area contributed by atoms with Crippen LogP contribution >= 0.6 is 0 Å². The second-order valence-corrected chi connectivity index (χ2v) is 4.43. The first-order valence-electron chi connectivity index (χ1n) is 5.46. The van der Waals surface area contributed by atoms with E-state index in [0.29, 0.717) is 12.3 Å². The quantitative estimate of drug-likeness (QED) is 0.721. The molecule has 2 rings (SSSR count). The summed E-state index contributed by atoms with van der Waals surface area (Å²) in [4.78, 5) is 13.3. The molecule has 2 heteroatoms. The Morgan fingerprint density at radius 1 is 1.40 bits per heavy atom. The minimum absolute atomic E-state index is 0.233. The number of amides is 1. The third-order valence-corrected chi connectivity index (χ3v) is 3.18. The highest BCUT2D eigenvalue weighted by atomic mass is 16.2. The van der Waals surface area contributed by atoms with Gasteiger partial charge < -0.3 is 4.90 Å². The van der Waals surface area contributed by atoms with Gasteiger partial charge in [0.25, 0.3) is 0 Å². The topological polar surface area (TPSA) is 20.3 Å². The van der Waals surface area contributed by atoms with Gasteiger partial charge in [-0.05, 0) is 29.9 Å². The molecule has 1 amide bonds. The second-order valence-electron chi connectivity index (χ2n) is 4.43. The molecule has 0 saturated carbocycles. The Bertz CT molecular complexity index is 371. The monoisotopic (exact) mass is 203 g/mol. The summed E-state index contributed by atoms with van der Waals surface area (Å²) >= 11 is 0. The number of aryl methyl sites for hydroxylation is 1. The minimum Gasteiger partial charge on any atom is -0.349 e. The fraction of sp³-hybridized carbons (Fsp3) is 0.462. The fourth-order valence-electron chi connectivity index (χ4n) is 2.25. The van der Waals surface area contributed by atoms with Gasteiger partial charge in [0, 0.05) is 20.5 Å². The van der Waals surface area contributed by atoms with Gasteiger partial charge in [-0.1, -0.05) is 24.3 Å². The Labute approximate surface area is 90.9 Å². The van der Waals surface area contributed by atoms with Crippen LogP contribution < -0.4 is 0 Å². The molecule has 0 spiro atoms. The van der Waals surface area contributed by atoms with Gasteiger partial charge in [-0.3, -0.25) is 4.79 Å². The predicted molar refractivity (Wildman–Crippen MR) is 60.8 cm³/mol. The largest absolute Gasteiger partial charge is 0.349 e. The van der Waals surface area contributed by atoms with Gasteiger partial charge >= 0.3 is 0 Å².